The molecule has 0 aliphatic carbocycles. The molecule has 1 aliphatic heterocycles. The molecule has 9 heteroatoms. The zero-order chi connectivity index (χ0) is 22.6. The van der Waals surface area contributed by atoms with E-state index in [1.54, 1.807) is 18.2 Å². The van der Waals surface area contributed by atoms with Crippen LogP contribution in [0.25, 0.3) is 0 Å². The molecule has 1 unspecified atom stereocenters. The summed E-state index contributed by atoms with van der Waals surface area (Å²) >= 11 is 0. The molecule has 0 fully saturated rings. The number of benzene rings is 2. The van der Waals surface area contributed by atoms with Crippen molar-refractivity contribution in [3.63, 3.8) is 0 Å². The van der Waals surface area contributed by atoms with Crippen molar-refractivity contribution >= 4 is 27.5 Å². The number of aryl methyl sites for hydroxylation is 1. The van der Waals surface area contributed by atoms with Crippen LogP contribution in [0.2, 0.25) is 0 Å². The summed E-state index contributed by atoms with van der Waals surface area (Å²) in [5.41, 5.74) is 2.17. The minimum Gasteiger partial charge on any atom is -0.467 e. The number of amides is 2. The number of sulfonamides is 1. The quantitative estimate of drug-likeness (QED) is 0.484. The second-order valence-corrected chi connectivity index (χ2v) is 9.24. The number of anilines is 1. The Kier molecular flexibility index (Phi) is 6.38. The molecule has 3 aromatic rings. The first-order chi connectivity index (χ1) is 15.4. The summed E-state index contributed by atoms with van der Waals surface area (Å²) in [4.78, 5) is 24.5. The molecule has 0 saturated heterocycles. The average molecular weight is 454 g/mol. The van der Waals surface area contributed by atoms with Gasteiger partial charge in [0.2, 0.25) is 21.8 Å². The van der Waals surface area contributed by atoms with Crippen LogP contribution >= 0.6 is 0 Å². The number of rotatable bonds is 8. The lowest BCUT2D eigenvalue weighted by atomic mass is 10.0. The Morgan fingerprint density at radius 2 is 1.88 bits per heavy atom. The zero-order valence-corrected chi connectivity index (χ0v) is 18.0. The third kappa shape index (κ3) is 5.24. The fourth-order valence-corrected chi connectivity index (χ4v) is 4.78. The van der Waals surface area contributed by atoms with E-state index in [1.807, 2.05) is 30.3 Å². The Hall–Kier alpha value is -3.43. The molecule has 4 rings (SSSR count). The first-order valence-electron chi connectivity index (χ1n) is 10.2. The number of carbonyl (C=O) groups excluding carboxylic acids is 2. The normalized spacial score (nSPS) is 14.3. The van der Waals surface area contributed by atoms with Crippen LogP contribution in [0, 0.1) is 0 Å². The van der Waals surface area contributed by atoms with Crippen LogP contribution < -0.4 is 15.4 Å². The van der Waals surface area contributed by atoms with Gasteiger partial charge in [0.25, 0.3) is 0 Å². The van der Waals surface area contributed by atoms with Crippen LogP contribution in [0.1, 0.15) is 23.3 Å². The number of hydrogen-bond acceptors (Lipinski definition) is 5. The molecule has 0 radical (unpaired) electrons. The highest BCUT2D eigenvalue weighted by Crippen LogP contribution is 2.25. The Balaban J connectivity index is 1.54. The summed E-state index contributed by atoms with van der Waals surface area (Å²) in [6.07, 6.45) is 2.45. The maximum atomic E-state index is 13.1. The molecule has 2 amide bonds. The van der Waals surface area contributed by atoms with Gasteiger partial charge in [-0.25, -0.2) is 8.42 Å². The smallest absolute Gasteiger partial charge is 0.241 e. The molecule has 32 heavy (non-hydrogen) atoms. The highest BCUT2D eigenvalue weighted by Gasteiger charge is 2.27. The Bertz CT molecular complexity index is 1210. The standard InChI is InChI=1S/C23H23N3O5S/c27-22-11-8-17-14-19(9-10-20(17)25-22)32(29,30)26-21(13-16-5-2-1-3-6-16)23(28)24-15-18-7-4-12-31-18/h1-7,9-10,12,14,21,26H,8,11,13,15H2,(H,24,28)(H,25,27). The first-order valence-corrected chi connectivity index (χ1v) is 11.7. The molecule has 3 N–H and O–H groups in total. The van der Waals surface area contributed by atoms with Crippen LogP contribution in [-0.4, -0.2) is 26.3 Å². The fourth-order valence-electron chi connectivity index (χ4n) is 3.53. The van der Waals surface area contributed by atoms with E-state index in [-0.39, 0.29) is 23.8 Å². The predicted octanol–water partition coefficient (Wildman–Crippen LogP) is 2.37. The van der Waals surface area contributed by atoms with E-state index in [0.717, 1.165) is 11.1 Å². The highest BCUT2D eigenvalue weighted by molar-refractivity contribution is 7.89. The average Bonchev–Trinajstić information content (AvgIpc) is 3.31. The minimum atomic E-state index is -3.99. The molecule has 1 aliphatic rings. The molecule has 1 atom stereocenters. The van der Waals surface area contributed by atoms with Gasteiger partial charge in [-0.2, -0.15) is 4.72 Å². The minimum absolute atomic E-state index is 0.0456. The summed E-state index contributed by atoms with van der Waals surface area (Å²) in [6.45, 7) is 0.150. The summed E-state index contributed by atoms with van der Waals surface area (Å²) in [7, 11) is -3.99. The Labute approximate surface area is 186 Å². The number of fused-ring (bicyclic) bond motifs is 1. The van der Waals surface area contributed by atoms with Crippen LogP contribution in [0.3, 0.4) is 0 Å². The van der Waals surface area contributed by atoms with Crippen molar-refractivity contribution in [1.29, 1.82) is 0 Å². The summed E-state index contributed by atoms with van der Waals surface area (Å²) < 4.78 is 34.0. The lowest BCUT2D eigenvalue weighted by Crippen LogP contribution is -2.47. The fraction of sp³-hybridized carbons (Fsp3) is 0.217. The third-order valence-electron chi connectivity index (χ3n) is 5.20. The van der Waals surface area contributed by atoms with Gasteiger partial charge >= 0.3 is 0 Å². The van der Waals surface area contributed by atoms with Crippen LogP contribution in [0.4, 0.5) is 5.69 Å². The molecular weight excluding hydrogens is 430 g/mol. The largest absolute Gasteiger partial charge is 0.467 e. The van der Waals surface area contributed by atoms with E-state index < -0.39 is 22.0 Å². The molecule has 8 nitrogen and oxygen atoms in total. The van der Waals surface area contributed by atoms with Crippen molar-refractivity contribution in [2.45, 2.75) is 36.7 Å². The second-order valence-electron chi connectivity index (χ2n) is 7.53. The summed E-state index contributed by atoms with van der Waals surface area (Å²) in [6, 6.07) is 16.1. The van der Waals surface area contributed by atoms with Gasteiger partial charge in [-0.15, -0.1) is 0 Å². The monoisotopic (exact) mass is 453 g/mol. The second kappa shape index (κ2) is 9.37. The van der Waals surface area contributed by atoms with E-state index >= 15 is 0 Å². The number of carbonyl (C=O) groups is 2. The molecule has 2 aromatic carbocycles. The van der Waals surface area contributed by atoms with Crippen molar-refractivity contribution < 1.29 is 22.4 Å². The Morgan fingerprint density at radius 1 is 1.06 bits per heavy atom. The summed E-state index contributed by atoms with van der Waals surface area (Å²) in [5.74, 6) is 0.0119. The first kappa shape index (κ1) is 21.8. The van der Waals surface area contributed by atoms with Crippen molar-refractivity contribution in [1.82, 2.24) is 10.0 Å². The van der Waals surface area contributed by atoms with E-state index in [2.05, 4.69) is 15.4 Å². The SMILES string of the molecule is O=C1CCc2cc(S(=O)(=O)NC(Cc3ccccc3)C(=O)NCc3ccco3)ccc2N1. The van der Waals surface area contributed by atoms with E-state index in [4.69, 9.17) is 4.42 Å². The van der Waals surface area contributed by atoms with E-state index in [0.29, 0.717) is 24.3 Å². The highest BCUT2D eigenvalue weighted by atomic mass is 32.2. The zero-order valence-electron chi connectivity index (χ0n) is 17.2. The van der Waals surface area contributed by atoms with Gasteiger partial charge in [0.05, 0.1) is 17.7 Å². The lowest BCUT2D eigenvalue weighted by Gasteiger charge is -2.20. The van der Waals surface area contributed by atoms with Crippen molar-refractivity contribution in [2.75, 3.05) is 5.32 Å². The van der Waals surface area contributed by atoms with Gasteiger partial charge in [0, 0.05) is 12.1 Å². The molecule has 2 heterocycles. The maximum Gasteiger partial charge on any atom is 0.241 e. The number of nitrogens with one attached hydrogen (secondary N) is 3. The van der Waals surface area contributed by atoms with Gasteiger partial charge in [-0.05, 0) is 54.3 Å². The molecule has 0 saturated carbocycles. The van der Waals surface area contributed by atoms with Gasteiger partial charge < -0.3 is 15.1 Å². The van der Waals surface area contributed by atoms with Crippen molar-refractivity contribution in [3.8, 4) is 0 Å². The van der Waals surface area contributed by atoms with E-state index in [9.17, 15) is 18.0 Å². The molecule has 166 valence electrons. The third-order valence-corrected chi connectivity index (χ3v) is 6.67. The van der Waals surface area contributed by atoms with Gasteiger partial charge in [-0.3, -0.25) is 9.59 Å². The maximum absolute atomic E-state index is 13.1. The van der Waals surface area contributed by atoms with Gasteiger partial charge in [-0.1, -0.05) is 30.3 Å². The van der Waals surface area contributed by atoms with Crippen molar-refractivity contribution in [3.05, 3.63) is 83.8 Å². The molecular formula is C23H23N3O5S. The number of hydrogen-bond donors (Lipinski definition) is 3. The van der Waals surface area contributed by atoms with Gasteiger partial charge in [0.15, 0.2) is 0 Å². The van der Waals surface area contributed by atoms with Crippen LogP contribution in [-0.2, 0) is 39.0 Å². The van der Waals surface area contributed by atoms with Gasteiger partial charge in [0.1, 0.15) is 11.8 Å². The Morgan fingerprint density at radius 3 is 2.62 bits per heavy atom. The lowest BCUT2D eigenvalue weighted by molar-refractivity contribution is -0.123. The van der Waals surface area contributed by atoms with Crippen LogP contribution in [0.15, 0.2) is 76.2 Å². The van der Waals surface area contributed by atoms with Crippen LogP contribution in [0.5, 0.6) is 0 Å². The van der Waals surface area contributed by atoms with E-state index in [1.165, 1.54) is 18.4 Å². The number of furan rings is 1. The predicted molar refractivity (Wildman–Crippen MR) is 118 cm³/mol. The summed E-state index contributed by atoms with van der Waals surface area (Å²) in [5, 5.41) is 5.46. The van der Waals surface area contributed by atoms with Crippen molar-refractivity contribution in [2.24, 2.45) is 0 Å². The molecule has 1 aromatic heterocycles. The molecule has 0 bridgehead atoms. The topological polar surface area (TPSA) is 118 Å². The molecule has 0 spiro atoms.